The van der Waals surface area contributed by atoms with E-state index in [4.69, 9.17) is 14.2 Å². The topological polar surface area (TPSA) is 96.6 Å². The van der Waals surface area contributed by atoms with E-state index in [2.05, 4.69) is 27.3 Å². The van der Waals surface area contributed by atoms with E-state index >= 15 is 0 Å². The molecule has 4 aromatic rings. The molecule has 1 fully saturated rings. The average molecular weight is 501 g/mol. The van der Waals surface area contributed by atoms with Crippen LogP contribution in [0.5, 0.6) is 5.75 Å². The zero-order valence-corrected chi connectivity index (χ0v) is 21.3. The number of carbonyl (C=O) groups is 1. The summed E-state index contributed by atoms with van der Waals surface area (Å²) in [6, 6.07) is 17.3. The summed E-state index contributed by atoms with van der Waals surface area (Å²) in [4.78, 5) is 26.7. The molecule has 1 N–H and O–H groups in total. The van der Waals surface area contributed by atoms with Crippen molar-refractivity contribution >= 4 is 28.6 Å². The SMILES string of the molecule is CCCc1nc(N2CCCN(C(=O)Nc3ccc(OCC)cc3)CC2)c2c(-c3ccccc3)noc2n1. The number of aryl methyl sites for hydroxylation is 1. The Morgan fingerprint density at radius 3 is 2.57 bits per heavy atom. The summed E-state index contributed by atoms with van der Waals surface area (Å²) in [5, 5.41) is 8.19. The third-order valence-corrected chi connectivity index (χ3v) is 6.38. The largest absolute Gasteiger partial charge is 0.494 e. The van der Waals surface area contributed by atoms with Crippen molar-refractivity contribution in [1.82, 2.24) is 20.0 Å². The Morgan fingerprint density at radius 1 is 1.00 bits per heavy atom. The summed E-state index contributed by atoms with van der Waals surface area (Å²) >= 11 is 0. The van der Waals surface area contributed by atoms with E-state index in [-0.39, 0.29) is 6.03 Å². The summed E-state index contributed by atoms with van der Waals surface area (Å²) in [6.07, 6.45) is 2.51. The van der Waals surface area contributed by atoms with Gasteiger partial charge in [0.25, 0.3) is 5.71 Å². The number of hydrogen-bond donors (Lipinski definition) is 1. The molecule has 0 aliphatic carbocycles. The van der Waals surface area contributed by atoms with Crippen LogP contribution in [0, 0.1) is 0 Å². The van der Waals surface area contributed by atoms with E-state index in [1.807, 2.05) is 66.4 Å². The van der Waals surface area contributed by atoms with Crippen LogP contribution in [-0.2, 0) is 6.42 Å². The molecule has 2 aromatic carbocycles. The predicted octanol–water partition coefficient (Wildman–Crippen LogP) is 5.38. The summed E-state index contributed by atoms with van der Waals surface area (Å²) in [5.74, 6) is 2.35. The molecule has 1 aliphatic rings. The lowest BCUT2D eigenvalue weighted by atomic mass is 10.1. The quantitative estimate of drug-likeness (QED) is 0.364. The van der Waals surface area contributed by atoms with Gasteiger partial charge in [-0.05, 0) is 44.0 Å². The number of amides is 2. The van der Waals surface area contributed by atoms with Gasteiger partial charge in [-0.25, -0.2) is 9.78 Å². The molecule has 9 heteroatoms. The highest BCUT2D eigenvalue weighted by atomic mass is 16.5. The third-order valence-electron chi connectivity index (χ3n) is 6.38. The maximum atomic E-state index is 13.0. The minimum atomic E-state index is -0.111. The molecule has 0 atom stereocenters. The Bertz CT molecular complexity index is 1340. The number of ether oxygens (including phenoxy) is 1. The zero-order chi connectivity index (χ0) is 25.6. The number of rotatable bonds is 7. The van der Waals surface area contributed by atoms with E-state index < -0.39 is 0 Å². The van der Waals surface area contributed by atoms with Crippen LogP contribution >= 0.6 is 0 Å². The first-order valence-corrected chi connectivity index (χ1v) is 12.9. The summed E-state index contributed by atoms with van der Waals surface area (Å²) in [6.45, 7) is 7.30. The van der Waals surface area contributed by atoms with Gasteiger partial charge in [-0.1, -0.05) is 42.4 Å². The maximum Gasteiger partial charge on any atom is 0.321 e. The fourth-order valence-corrected chi connectivity index (χ4v) is 4.57. The molecule has 0 radical (unpaired) electrons. The molecule has 192 valence electrons. The number of aromatic nitrogens is 3. The fourth-order valence-electron chi connectivity index (χ4n) is 4.57. The molecule has 5 rings (SSSR count). The number of hydrogen-bond acceptors (Lipinski definition) is 7. The first kappa shape index (κ1) is 24.5. The van der Waals surface area contributed by atoms with Crippen LogP contribution in [0.4, 0.5) is 16.3 Å². The number of benzene rings is 2. The number of nitrogens with one attached hydrogen (secondary N) is 1. The van der Waals surface area contributed by atoms with E-state index in [9.17, 15) is 4.79 Å². The molecule has 0 unspecified atom stereocenters. The predicted molar refractivity (Wildman–Crippen MR) is 144 cm³/mol. The molecule has 1 saturated heterocycles. The Hall–Kier alpha value is -4.14. The molecule has 9 nitrogen and oxygen atoms in total. The van der Waals surface area contributed by atoms with Gasteiger partial charge in [-0.15, -0.1) is 0 Å². The second kappa shape index (κ2) is 11.3. The zero-order valence-electron chi connectivity index (χ0n) is 21.3. The van der Waals surface area contributed by atoms with Gasteiger partial charge in [0.2, 0.25) is 0 Å². The maximum absolute atomic E-state index is 13.0. The first-order valence-electron chi connectivity index (χ1n) is 12.9. The second-order valence-electron chi connectivity index (χ2n) is 9.01. The molecule has 37 heavy (non-hydrogen) atoms. The molecule has 2 aromatic heterocycles. The molecule has 1 aliphatic heterocycles. The number of nitrogens with zero attached hydrogens (tertiary/aromatic N) is 5. The molecular weight excluding hydrogens is 468 g/mol. The molecular formula is C28H32N6O3. The van der Waals surface area contributed by atoms with Crippen LogP contribution in [0.1, 0.15) is 32.5 Å². The average Bonchev–Trinajstić information content (AvgIpc) is 3.19. The normalized spacial score (nSPS) is 14.0. The highest BCUT2D eigenvalue weighted by Gasteiger charge is 2.25. The van der Waals surface area contributed by atoms with Gasteiger partial charge in [-0.2, -0.15) is 4.98 Å². The number of carbonyl (C=O) groups excluding carboxylic acids is 1. The van der Waals surface area contributed by atoms with Crippen LogP contribution in [0.25, 0.3) is 22.4 Å². The van der Waals surface area contributed by atoms with Crippen LogP contribution in [0.2, 0.25) is 0 Å². The molecule has 0 saturated carbocycles. The van der Waals surface area contributed by atoms with Crippen molar-refractivity contribution < 1.29 is 14.1 Å². The lowest BCUT2D eigenvalue weighted by Gasteiger charge is -2.24. The molecule has 0 spiro atoms. The monoisotopic (exact) mass is 500 g/mol. The van der Waals surface area contributed by atoms with Crippen molar-refractivity contribution in [2.24, 2.45) is 0 Å². The lowest BCUT2D eigenvalue weighted by molar-refractivity contribution is 0.215. The fraction of sp³-hybridized carbons (Fsp3) is 0.357. The van der Waals surface area contributed by atoms with Gasteiger partial charge < -0.3 is 24.4 Å². The van der Waals surface area contributed by atoms with E-state index in [1.165, 1.54) is 0 Å². The van der Waals surface area contributed by atoms with E-state index in [0.29, 0.717) is 32.0 Å². The second-order valence-corrected chi connectivity index (χ2v) is 9.01. The smallest absolute Gasteiger partial charge is 0.321 e. The number of urea groups is 1. The Kier molecular flexibility index (Phi) is 7.49. The summed E-state index contributed by atoms with van der Waals surface area (Å²) < 4.78 is 11.2. The minimum Gasteiger partial charge on any atom is -0.494 e. The van der Waals surface area contributed by atoms with Gasteiger partial charge in [-0.3, -0.25) is 0 Å². The van der Waals surface area contributed by atoms with E-state index in [0.717, 1.165) is 65.5 Å². The molecule has 2 amide bonds. The lowest BCUT2D eigenvalue weighted by Crippen LogP contribution is -2.38. The summed E-state index contributed by atoms with van der Waals surface area (Å²) in [7, 11) is 0. The molecule has 3 heterocycles. The first-order chi connectivity index (χ1) is 18.2. The van der Waals surface area contributed by atoms with Crippen molar-refractivity contribution in [3.8, 4) is 17.0 Å². The van der Waals surface area contributed by atoms with Crippen molar-refractivity contribution in [3.63, 3.8) is 0 Å². The Labute approximate surface area is 216 Å². The molecule has 0 bridgehead atoms. The van der Waals surface area contributed by atoms with E-state index in [1.54, 1.807) is 0 Å². The van der Waals surface area contributed by atoms with Gasteiger partial charge >= 0.3 is 6.03 Å². The Balaban J connectivity index is 1.37. The van der Waals surface area contributed by atoms with Crippen molar-refractivity contribution in [3.05, 3.63) is 60.4 Å². The summed E-state index contributed by atoms with van der Waals surface area (Å²) in [5.41, 5.74) is 2.94. The van der Waals surface area contributed by atoms with Crippen molar-refractivity contribution in [2.45, 2.75) is 33.1 Å². The van der Waals surface area contributed by atoms with Crippen LogP contribution in [-0.4, -0.2) is 58.8 Å². The third kappa shape index (κ3) is 5.50. The highest BCUT2D eigenvalue weighted by Crippen LogP contribution is 2.34. The van der Waals surface area contributed by atoms with Crippen molar-refractivity contribution in [1.29, 1.82) is 0 Å². The minimum absolute atomic E-state index is 0.111. The van der Waals surface area contributed by atoms with Gasteiger partial charge in [0.05, 0.1) is 6.61 Å². The van der Waals surface area contributed by atoms with Crippen molar-refractivity contribution in [2.75, 3.05) is 43.0 Å². The highest BCUT2D eigenvalue weighted by molar-refractivity contribution is 5.98. The van der Waals surface area contributed by atoms with Gasteiger partial charge in [0, 0.05) is 43.9 Å². The number of fused-ring (bicyclic) bond motifs is 1. The van der Waals surface area contributed by atoms with Gasteiger partial charge in [0.1, 0.15) is 28.5 Å². The number of anilines is 2. The standard InChI is InChI=1S/C28H32N6O3/c1-3-9-23-30-26(24-25(32-37-27(24)31-23)20-10-6-5-7-11-20)33-16-8-17-34(19-18-33)28(35)29-21-12-14-22(15-13-21)36-4-2/h5-7,10-15H,3-4,8-9,16-19H2,1-2H3,(H,29,35). The van der Waals surface area contributed by atoms with Crippen LogP contribution in [0.15, 0.2) is 59.1 Å². The van der Waals surface area contributed by atoms with Crippen LogP contribution < -0.4 is 15.0 Å². The van der Waals surface area contributed by atoms with Crippen LogP contribution in [0.3, 0.4) is 0 Å². The Morgan fingerprint density at radius 2 is 1.81 bits per heavy atom. The van der Waals surface area contributed by atoms with Gasteiger partial charge in [0.15, 0.2) is 0 Å².